The van der Waals surface area contributed by atoms with Crippen LogP contribution in [0.2, 0.25) is 0 Å². The van der Waals surface area contributed by atoms with E-state index in [1.54, 1.807) is 0 Å². The lowest BCUT2D eigenvalue weighted by atomic mass is 10.0. The van der Waals surface area contributed by atoms with E-state index in [1.165, 1.54) is 19.4 Å². The maximum atomic E-state index is 5.79. The first-order chi connectivity index (χ1) is 5.57. The Morgan fingerprint density at radius 2 is 1.92 bits per heavy atom. The summed E-state index contributed by atoms with van der Waals surface area (Å²) >= 11 is 0. The van der Waals surface area contributed by atoms with Gasteiger partial charge in [-0.3, -0.25) is 0 Å². The fourth-order valence-electron chi connectivity index (χ4n) is 1.18. The van der Waals surface area contributed by atoms with E-state index in [0.29, 0.717) is 12.0 Å². The Kier molecular flexibility index (Phi) is 6.39. The van der Waals surface area contributed by atoms with Crippen LogP contribution < -0.4 is 5.73 Å². The van der Waals surface area contributed by atoms with Crippen LogP contribution in [0.4, 0.5) is 0 Å². The molecule has 2 unspecified atom stereocenters. The van der Waals surface area contributed by atoms with Crippen LogP contribution >= 0.6 is 0 Å². The van der Waals surface area contributed by atoms with E-state index in [1.807, 2.05) is 0 Å². The number of hydrogen-bond acceptors (Lipinski definition) is 2. The van der Waals surface area contributed by atoms with Gasteiger partial charge in [0.2, 0.25) is 0 Å². The van der Waals surface area contributed by atoms with Crippen molar-refractivity contribution < 1.29 is 0 Å². The Balaban J connectivity index is 3.47. The predicted octanol–water partition coefficient (Wildman–Crippen LogP) is 1.70. The molecule has 74 valence electrons. The van der Waals surface area contributed by atoms with Gasteiger partial charge < -0.3 is 10.6 Å². The van der Waals surface area contributed by atoms with Gasteiger partial charge in [0.25, 0.3) is 0 Å². The Morgan fingerprint density at radius 3 is 2.33 bits per heavy atom. The zero-order valence-electron chi connectivity index (χ0n) is 9.01. The van der Waals surface area contributed by atoms with E-state index in [0.717, 1.165) is 6.54 Å². The van der Waals surface area contributed by atoms with Crippen LogP contribution in [-0.4, -0.2) is 31.1 Å². The zero-order chi connectivity index (χ0) is 9.56. The number of nitrogens with two attached hydrogens (primary N) is 1. The van der Waals surface area contributed by atoms with Crippen molar-refractivity contribution in [1.29, 1.82) is 0 Å². The quantitative estimate of drug-likeness (QED) is 0.661. The molecule has 0 spiro atoms. The number of nitrogens with zero attached hydrogens (tertiary/aromatic N) is 1. The summed E-state index contributed by atoms with van der Waals surface area (Å²) in [6.45, 7) is 8.85. The van der Waals surface area contributed by atoms with Crippen molar-refractivity contribution in [3.05, 3.63) is 0 Å². The molecule has 0 aromatic heterocycles. The molecule has 0 fully saturated rings. The normalized spacial score (nSPS) is 16.5. The van der Waals surface area contributed by atoms with Gasteiger partial charge in [-0.1, -0.05) is 20.3 Å². The number of unbranched alkanes of at least 4 members (excludes halogenated alkanes) is 1. The van der Waals surface area contributed by atoms with E-state index < -0.39 is 0 Å². The maximum absolute atomic E-state index is 5.79. The Morgan fingerprint density at radius 1 is 1.33 bits per heavy atom. The molecule has 0 saturated heterocycles. The zero-order valence-corrected chi connectivity index (χ0v) is 9.01. The molecule has 2 N–H and O–H groups in total. The summed E-state index contributed by atoms with van der Waals surface area (Å²) < 4.78 is 0. The van der Waals surface area contributed by atoms with Crippen LogP contribution in [0.25, 0.3) is 0 Å². The van der Waals surface area contributed by atoms with Gasteiger partial charge >= 0.3 is 0 Å². The molecule has 0 heterocycles. The van der Waals surface area contributed by atoms with Crippen LogP contribution in [0.1, 0.15) is 33.6 Å². The van der Waals surface area contributed by atoms with E-state index in [9.17, 15) is 0 Å². The van der Waals surface area contributed by atoms with E-state index in [2.05, 4.69) is 32.7 Å². The van der Waals surface area contributed by atoms with Gasteiger partial charge in [0.1, 0.15) is 0 Å². The van der Waals surface area contributed by atoms with Crippen LogP contribution in [0.15, 0.2) is 0 Å². The predicted molar refractivity (Wildman–Crippen MR) is 55.2 cm³/mol. The highest BCUT2D eigenvalue weighted by Crippen LogP contribution is 2.02. The van der Waals surface area contributed by atoms with Crippen molar-refractivity contribution in [3.63, 3.8) is 0 Å². The largest absolute Gasteiger partial charge is 0.328 e. The first-order valence-corrected chi connectivity index (χ1v) is 5.02. The standard InChI is InChI=1S/C10H24N2/c1-5-6-7-12(4)8-9(2)10(3)11/h9-10H,5-8,11H2,1-4H3. The molecule has 0 amide bonds. The highest BCUT2D eigenvalue weighted by atomic mass is 15.1. The summed E-state index contributed by atoms with van der Waals surface area (Å²) in [5.74, 6) is 0.604. The van der Waals surface area contributed by atoms with Gasteiger partial charge in [0.05, 0.1) is 0 Å². The van der Waals surface area contributed by atoms with Crippen LogP contribution in [0.5, 0.6) is 0 Å². The average Bonchev–Trinajstić information content (AvgIpc) is 2.00. The third kappa shape index (κ3) is 5.56. The smallest absolute Gasteiger partial charge is 0.00483 e. The van der Waals surface area contributed by atoms with Crippen LogP contribution in [-0.2, 0) is 0 Å². The van der Waals surface area contributed by atoms with Crippen molar-refractivity contribution in [2.75, 3.05) is 20.1 Å². The summed E-state index contributed by atoms with van der Waals surface area (Å²) in [6, 6.07) is 0.314. The van der Waals surface area contributed by atoms with Crippen molar-refractivity contribution in [2.45, 2.75) is 39.7 Å². The van der Waals surface area contributed by atoms with E-state index in [-0.39, 0.29) is 0 Å². The third-order valence-electron chi connectivity index (χ3n) is 2.39. The monoisotopic (exact) mass is 172 g/mol. The first-order valence-electron chi connectivity index (χ1n) is 5.02. The Hall–Kier alpha value is -0.0800. The van der Waals surface area contributed by atoms with Crippen LogP contribution in [0, 0.1) is 5.92 Å². The minimum absolute atomic E-state index is 0.314. The molecule has 0 aromatic carbocycles. The third-order valence-corrected chi connectivity index (χ3v) is 2.39. The molecular weight excluding hydrogens is 148 g/mol. The highest BCUT2D eigenvalue weighted by Gasteiger charge is 2.09. The second-order valence-electron chi connectivity index (χ2n) is 3.95. The van der Waals surface area contributed by atoms with Gasteiger partial charge in [-0.15, -0.1) is 0 Å². The highest BCUT2D eigenvalue weighted by molar-refractivity contribution is 4.66. The molecule has 12 heavy (non-hydrogen) atoms. The molecule has 0 radical (unpaired) electrons. The lowest BCUT2D eigenvalue weighted by Gasteiger charge is -2.23. The second-order valence-corrected chi connectivity index (χ2v) is 3.95. The van der Waals surface area contributed by atoms with Gasteiger partial charge in [-0.05, 0) is 32.9 Å². The molecule has 0 aliphatic carbocycles. The second kappa shape index (κ2) is 6.44. The number of rotatable bonds is 6. The molecule has 0 aliphatic rings. The molecule has 0 rings (SSSR count). The summed E-state index contributed by atoms with van der Waals surface area (Å²) in [5, 5.41) is 0. The molecular formula is C10H24N2. The maximum Gasteiger partial charge on any atom is 0.00483 e. The molecule has 2 nitrogen and oxygen atoms in total. The van der Waals surface area contributed by atoms with E-state index >= 15 is 0 Å². The molecule has 0 aliphatic heterocycles. The van der Waals surface area contributed by atoms with Gasteiger partial charge in [-0.2, -0.15) is 0 Å². The average molecular weight is 172 g/mol. The Labute approximate surface area is 77.1 Å². The molecule has 0 saturated carbocycles. The molecule has 2 atom stereocenters. The van der Waals surface area contributed by atoms with Crippen LogP contribution in [0.3, 0.4) is 0 Å². The summed E-state index contributed by atoms with van der Waals surface area (Å²) in [5.41, 5.74) is 5.79. The lowest BCUT2D eigenvalue weighted by Crippen LogP contribution is -2.34. The van der Waals surface area contributed by atoms with Crippen molar-refractivity contribution in [2.24, 2.45) is 11.7 Å². The molecule has 2 heteroatoms. The fourth-order valence-corrected chi connectivity index (χ4v) is 1.18. The van der Waals surface area contributed by atoms with Crippen molar-refractivity contribution in [1.82, 2.24) is 4.90 Å². The molecule has 0 bridgehead atoms. The summed E-state index contributed by atoms with van der Waals surface area (Å²) in [6.07, 6.45) is 2.57. The van der Waals surface area contributed by atoms with Gasteiger partial charge in [0, 0.05) is 12.6 Å². The first kappa shape index (κ1) is 11.9. The van der Waals surface area contributed by atoms with Gasteiger partial charge in [-0.25, -0.2) is 0 Å². The fraction of sp³-hybridized carbons (Fsp3) is 1.00. The van der Waals surface area contributed by atoms with E-state index in [4.69, 9.17) is 5.73 Å². The minimum Gasteiger partial charge on any atom is -0.328 e. The summed E-state index contributed by atoms with van der Waals surface area (Å²) in [7, 11) is 2.18. The van der Waals surface area contributed by atoms with Crippen molar-refractivity contribution in [3.8, 4) is 0 Å². The summed E-state index contributed by atoms with van der Waals surface area (Å²) in [4.78, 5) is 2.37. The van der Waals surface area contributed by atoms with Crippen molar-refractivity contribution >= 4 is 0 Å². The topological polar surface area (TPSA) is 29.3 Å². The molecule has 0 aromatic rings. The SMILES string of the molecule is CCCCN(C)CC(C)C(C)N. The van der Waals surface area contributed by atoms with Gasteiger partial charge in [0.15, 0.2) is 0 Å². The minimum atomic E-state index is 0.314. The lowest BCUT2D eigenvalue weighted by molar-refractivity contribution is 0.265. The number of hydrogen-bond donors (Lipinski definition) is 1. The Bertz CT molecular complexity index is 102.